The first kappa shape index (κ1) is 31.6. The third-order valence-corrected chi connectivity index (χ3v) is 12.4. The molecule has 0 aromatic rings. The molecule has 4 unspecified atom stereocenters. The number of fused-ring (bicyclic) bond motifs is 3. The zero-order chi connectivity index (χ0) is 30.5. The Morgan fingerprint density at radius 2 is 1.86 bits per heavy atom. The molecule has 9 heteroatoms. The number of nitrogens with one attached hydrogen (secondary N) is 3. The van der Waals surface area contributed by atoms with Gasteiger partial charge in [0.05, 0.1) is 44.6 Å². The van der Waals surface area contributed by atoms with Crippen LogP contribution >= 0.6 is 0 Å². The van der Waals surface area contributed by atoms with Crippen LogP contribution in [0, 0.1) is 17.3 Å². The van der Waals surface area contributed by atoms with Gasteiger partial charge in [-0.15, -0.1) is 0 Å². The third kappa shape index (κ3) is 5.85. The Kier molecular flexibility index (Phi) is 9.11. The van der Waals surface area contributed by atoms with Crippen LogP contribution in [-0.4, -0.2) is 121 Å². The molecule has 1 saturated carbocycles. The lowest BCUT2D eigenvalue weighted by molar-refractivity contribution is -0.526. The molecule has 5 heterocycles. The Balaban J connectivity index is 1.26. The Morgan fingerprint density at radius 3 is 2.53 bits per heavy atom. The van der Waals surface area contributed by atoms with Crippen molar-refractivity contribution in [3.8, 4) is 0 Å². The number of piperidine rings is 1. The molecule has 0 aromatic carbocycles. The fraction of sp³-hybridized carbons (Fsp3) is 0.941. The van der Waals surface area contributed by atoms with Crippen LogP contribution in [0.1, 0.15) is 98.3 Å². The van der Waals surface area contributed by atoms with E-state index in [2.05, 4.69) is 72.1 Å². The van der Waals surface area contributed by atoms with Crippen LogP contribution in [0.4, 0.5) is 0 Å². The number of hydrogen-bond acceptors (Lipinski definition) is 7. The van der Waals surface area contributed by atoms with Crippen molar-refractivity contribution in [2.24, 2.45) is 17.3 Å². The van der Waals surface area contributed by atoms with Crippen LogP contribution in [-0.2, 0) is 9.53 Å². The van der Waals surface area contributed by atoms with Crippen molar-refractivity contribution in [2.75, 3.05) is 47.4 Å². The highest BCUT2D eigenvalue weighted by Gasteiger charge is 2.66. The molecule has 0 spiro atoms. The van der Waals surface area contributed by atoms with Crippen LogP contribution in [0.2, 0.25) is 0 Å². The van der Waals surface area contributed by atoms with E-state index in [4.69, 9.17) is 4.74 Å². The maximum atomic E-state index is 12.2. The summed E-state index contributed by atoms with van der Waals surface area (Å²) in [6, 6.07) is 1.97. The molecular weight excluding hydrogens is 538 g/mol. The maximum absolute atomic E-state index is 12.2. The van der Waals surface area contributed by atoms with E-state index in [1.54, 1.807) is 0 Å². The number of hydrogen-bond donors (Lipinski definition) is 3. The number of amides is 1. The highest BCUT2D eigenvalue weighted by atomic mass is 16.5. The minimum atomic E-state index is -0.0993. The minimum absolute atomic E-state index is 0.0993. The maximum Gasteiger partial charge on any atom is 0.349 e. The molecule has 5 aliphatic heterocycles. The lowest BCUT2D eigenvalue weighted by atomic mass is 9.69. The summed E-state index contributed by atoms with van der Waals surface area (Å²) in [4.78, 5) is 20.0. The van der Waals surface area contributed by atoms with Gasteiger partial charge in [0.25, 0.3) is 0 Å². The van der Waals surface area contributed by atoms with Crippen LogP contribution in [0.5, 0.6) is 0 Å². The van der Waals surface area contributed by atoms with Gasteiger partial charge < -0.3 is 15.0 Å². The lowest BCUT2D eigenvalue weighted by Crippen LogP contribution is -2.67. The third-order valence-electron chi connectivity index (χ3n) is 12.4. The predicted molar refractivity (Wildman–Crippen MR) is 172 cm³/mol. The second-order valence-electron chi connectivity index (χ2n) is 15.9. The van der Waals surface area contributed by atoms with Gasteiger partial charge in [-0.25, -0.2) is 4.90 Å². The number of nitrogens with zero attached hydrogens (tertiary/aromatic N) is 4. The van der Waals surface area contributed by atoms with Crippen molar-refractivity contribution in [1.29, 1.82) is 0 Å². The molecule has 5 fully saturated rings. The molecule has 0 radical (unpaired) electrons. The van der Waals surface area contributed by atoms with Crippen LogP contribution < -0.4 is 16.0 Å². The van der Waals surface area contributed by atoms with E-state index in [9.17, 15) is 4.79 Å². The summed E-state index contributed by atoms with van der Waals surface area (Å²) in [7, 11) is 6.43. The van der Waals surface area contributed by atoms with Crippen molar-refractivity contribution in [2.45, 2.75) is 140 Å². The molecule has 7 atom stereocenters. The van der Waals surface area contributed by atoms with Crippen LogP contribution in [0.3, 0.4) is 0 Å². The molecule has 6 aliphatic rings. The molecular formula is C34H62N7O2+. The summed E-state index contributed by atoms with van der Waals surface area (Å²) in [5, 5.41) is 11.7. The normalized spacial score (nSPS) is 41.9. The molecule has 4 saturated heterocycles. The van der Waals surface area contributed by atoms with Crippen molar-refractivity contribution in [3.05, 3.63) is 0 Å². The van der Waals surface area contributed by atoms with E-state index >= 15 is 0 Å². The molecule has 244 valence electrons. The second-order valence-corrected chi connectivity index (χ2v) is 15.9. The molecule has 9 nitrogen and oxygen atoms in total. The zero-order valence-electron chi connectivity index (χ0n) is 28.3. The van der Waals surface area contributed by atoms with Gasteiger partial charge in [0.15, 0.2) is 0 Å². The average molecular weight is 601 g/mol. The van der Waals surface area contributed by atoms with Gasteiger partial charge in [-0.1, -0.05) is 13.8 Å². The first-order valence-electron chi connectivity index (χ1n) is 17.7. The largest absolute Gasteiger partial charge is 0.375 e. The van der Waals surface area contributed by atoms with Crippen molar-refractivity contribution >= 4 is 11.9 Å². The first-order valence-corrected chi connectivity index (χ1v) is 17.7. The molecule has 3 N–H and O–H groups in total. The summed E-state index contributed by atoms with van der Waals surface area (Å²) in [6.07, 6.45) is 13.3. The molecule has 43 heavy (non-hydrogen) atoms. The number of rotatable bonds is 7. The zero-order valence-corrected chi connectivity index (χ0v) is 28.3. The van der Waals surface area contributed by atoms with Gasteiger partial charge in [-0.05, 0) is 91.0 Å². The van der Waals surface area contributed by atoms with Gasteiger partial charge in [0.2, 0.25) is 5.91 Å². The smallest absolute Gasteiger partial charge is 0.349 e. The fourth-order valence-corrected chi connectivity index (χ4v) is 10.1. The molecule has 6 rings (SSSR count). The number of likely N-dealkylation sites (tertiary alicyclic amines) is 2. The van der Waals surface area contributed by atoms with E-state index in [1.807, 2.05) is 11.9 Å². The van der Waals surface area contributed by atoms with Gasteiger partial charge in [-0.2, -0.15) is 0 Å². The first-order chi connectivity index (χ1) is 20.6. The number of ether oxygens (including phenoxy) is 1. The Hall–Kier alpha value is -1.42. The summed E-state index contributed by atoms with van der Waals surface area (Å²) < 4.78 is 9.18. The van der Waals surface area contributed by atoms with Crippen molar-refractivity contribution < 1.29 is 14.1 Å². The van der Waals surface area contributed by atoms with Crippen molar-refractivity contribution in [3.63, 3.8) is 0 Å². The fourth-order valence-electron chi connectivity index (χ4n) is 10.1. The van der Waals surface area contributed by atoms with E-state index in [0.717, 1.165) is 51.9 Å². The van der Waals surface area contributed by atoms with Crippen molar-refractivity contribution in [1.82, 2.24) is 30.7 Å². The number of carbonyl (C=O) groups excluding carboxylic acids is 1. The van der Waals surface area contributed by atoms with E-state index in [-0.39, 0.29) is 11.0 Å². The summed E-state index contributed by atoms with van der Waals surface area (Å²) in [5.74, 6) is 2.85. The molecule has 0 bridgehead atoms. The van der Waals surface area contributed by atoms with E-state index in [1.165, 1.54) is 50.9 Å². The minimum Gasteiger partial charge on any atom is -0.375 e. The Morgan fingerprint density at radius 1 is 1.09 bits per heavy atom. The average Bonchev–Trinajstić information content (AvgIpc) is 3.44. The predicted octanol–water partition coefficient (Wildman–Crippen LogP) is 3.00. The Bertz CT molecular complexity index is 1040. The van der Waals surface area contributed by atoms with Gasteiger partial charge >= 0.3 is 5.96 Å². The summed E-state index contributed by atoms with van der Waals surface area (Å²) in [5.41, 5.74) is 0.0181. The highest BCUT2D eigenvalue weighted by Crippen LogP contribution is 2.54. The van der Waals surface area contributed by atoms with Gasteiger partial charge in [0.1, 0.15) is 6.17 Å². The summed E-state index contributed by atoms with van der Waals surface area (Å²) in [6.45, 7) is 13.5. The second kappa shape index (κ2) is 12.4. The monoisotopic (exact) mass is 600 g/mol. The highest BCUT2D eigenvalue weighted by molar-refractivity contribution is 5.78. The number of likely N-dealkylation sites (N-methyl/N-ethyl adjacent to an activating group) is 1. The Labute approximate surface area is 261 Å². The SMILES string of the molecule is CCCN1C(NC2CCC([C@H]3CCC(=O)N3C)CC2)=[N+](C)CC2C1N(C1CCCC(CNC)N1)[C@@H]1CC(C)(C)OC[C@]21C. The lowest BCUT2D eigenvalue weighted by Gasteiger charge is -2.49. The van der Waals surface area contributed by atoms with E-state index in [0.29, 0.717) is 54.2 Å². The van der Waals surface area contributed by atoms with Crippen LogP contribution in [0.25, 0.3) is 0 Å². The summed E-state index contributed by atoms with van der Waals surface area (Å²) >= 11 is 0. The topological polar surface area (TPSA) is 75.1 Å². The number of guanidine groups is 1. The van der Waals surface area contributed by atoms with Gasteiger partial charge in [0, 0.05) is 49.5 Å². The molecule has 1 amide bonds. The molecule has 1 aliphatic carbocycles. The standard InChI is InChI=1S/C34H61N7O2/c1-8-18-40-31-26(21-38(6)32(40)37-24-14-12-23(13-15-24)27-16-17-30(42)39(27)7)34(4)22-43-33(2,3)19-28(34)41(31)29-11-9-10-25(36-29)20-35-5/h23-29,31,35-36H,8-22H2,1-7H3/p+1/t23?,24?,25?,26?,27-,28-,29?,31?,34-/m1/s1. The van der Waals surface area contributed by atoms with Crippen LogP contribution in [0.15, 0.2) is 0 Å². The molecule has 0 aromatic heterocycles. The van der Waals surface area contributed by atoms with E-state index < -0.39 is 0 Å². The van der Waals surface area contributed by atoms with Gasteiger partial charge in [-0.3, -0.25) is 24.9 Å². The number of carbonyl (C=O) groups is 1. The quantitative estimate of drug-likeness (QED) is 0.388.